The van der Waals surface area contributed by atoms with Crippen molar-refractivity contribution in [1.82, 2.24) is 4.90 Å². The Kier molecular flexibility index (Phi) is 3.40. The van der Waals surface area contributed by atoms with Crippen LogP contribution in [0, 0.1) is 0 Å². The second-order valence-corrected chi connectivity index (χ2v) is 5.04. The molecule has 0 spiro atoms. The number of hydrogen-bond donors (Lipinski definition) is 0. The lowest BCUT2D eigenvalue weighted by Crippen LogP contribution is -2.36. The predicted molar refractivity (Wildman–Crippen MR) is 81.9 cm³/mol. The van der Waals surface area contributed by atoms with Gasteiger partial charge in [-0.05, 0) is 24.6 Å². The van der Waals surface area contributed by atoms with E-state index < -0.39 is 0 Å². The Morgan fingerprint density at radius 2 is 1.38 bits per heavy atom. The minimum Gasteiger partial charge on any atom is -0.269 e. The number of benzene rings is 2. The normalized spacial score (nSPS) is 15.6. The first-order valence-corrected chi connectivity index (χ1v) is 6.88. The van der Waals surface area contributed by atoms with E-state index in [1.807, 2.05) is 49.4 Å². The van der Waals surface area contributed by atoms with Crippen LogP contribution >= 0.6 is 0 Å². The van der Waals surface area contributed by atoms with Gasteiger partial charge in [-0.15, -0.1) is 0 Å². The van der Waals surface area contributed by atoms with Gasteiger partial charge >= 0.3 is 0 Å². The number of carbonyl (C=O) groups excluding carboxylic acids is 2. The summed E-state index contributed by atoms with van der Waals surface area (Å²) in [5, 5.41) is 0. The SMILES string of the molecule is CC(/C=C/c1ccccc1)N1C(=O)c2ccccc2C1=O. The Labute approximate surface area is 123 Å². The van der Waals surface area contributed by atoms with Gasteiger partial charge in [-0.2, -0.15) is 0 Å². The zero-order chi connectivity index (χ0) is 14.8. The van der Waals surface area contributed by atoms with Crippen molar-refractivity contribution in [2.24, 2.45) is 0 Å². The van der Waals surface area contributed by atoms with E-state index in [0.29, 0.717) is 11.1 Å². The van der Waals surface area contributed by atoms with E-state index in [0.717, 1.165) is 5.56 Å². The zero-order valence-corrected chi connectivity index (χ0v) is 11.7. The molecule has 0 fully saturated rings. The van der Waals surface area contributed by atoms with Crippen LogP contribution < -0.4 is 0 Å². The van der Waals surface area contributed by atoms with E-state index in [4.69, 9.17) is 0 Å². The fraction of sp³-hybridized carbons (Fsp3) is 0.111. The maximum atomic E-state index is 12.3. The van der Waals surface area contributed by atoms with Crippen molar-refractivity contribution in [2.75, 3.05) is 0 Å². The summed E-state index contributed by atoms with van der Waals surface area (Å²) < 4.78 is 0. The monoisotopic (exact) mass is 277 g/mol. The maximum Gasteiger partial charge on any atom is 0.262 e. The smallest absolute Gasteiger partial charge is 0.262 e. The van der Waals surface area contributed by atoms with Gasteiger partial charge in [0.05, 0.1) is 17.2 Å². The van der Waals surface area contributed by atoms with E-state index in [-0.39, 0.29) is 17.9 Å². The molecule has 2 aromatic carbocycles. The molecule has 1 unspecified atom stereocenters. The molecule has 1 aliphatic rings. The molecule has 3 heteroatoms. The molecule has 0 aromatic heterocycles. The van der Waals surface area contributed by atoms with E-state index in [1.165, 1.54) is 4.90 Å². The lowest BCUT2D eigenvalue weighted by atomic mass is 10.1. The highest BCUT2D eigenvalue weighted by atomic mass is 16.2. The second-order valence-electron chi connectivity index (χ2n) is 5.04. The van der Waals surface area contributed by atoms with Gasteiger partial charge in [0.25, 0.3) is 11.8 Å². The molecule has 1 atom stereocenters. The highest BCUT2D eigenvalue weighted by Crippen LogP contribution is 2.24. The lowest BCUT2D eigenvalue weighted by molar-refractivity contribution is 0.0626. The molecule has 21 heavy (non-hydrogen) atoms. The molecular weight excluding hydrogens is 262 g/mol. The Balaban J connectivity index is 1.84. The zero-order valence-electron chi connectivity index (χ0n) is 11.7. The average Bonchev–Trinajstić information content (AvgIpc) is 2.78. The molecule has 1 aliphatic heterocycles. The van der Waals surface area contributed by atoms with Crippen molar-refractivity contribution in [2.45, 2.75) is 13.0 Å². The summed E-state index contributed by atoms with van der Waals surface area (Å²) in [4.78, 5) is 26.0. The predicted octanol–water partition coefficient (Wildman–Crippen LogP) is 3.38. The van der Waals surface area contributed by atoms with Crippen LogP contribution in [0.15, 0.2) is 60.7 Å². The Bertz CT molecular complexity index is 684. The molecule has 2 amide bonds. The van der Waals surface area contributed by atoms with Crippen LogP contribution in [0.3, 0.4) is 0 Å². The highest BCUT2D eigenvalue weighted by Gasteiger charge is 2.37. The van der Waals surface area contributed by atoms with Crippen LogP contribution in [-0.4, -0.2) is 22.8 Å². The highest BCUT2D eigenvalue weighted by molar-refractivity contribution is 6.21. The molecule has 0 N–H and O–H groups in total. The van der Waals surface area contributed by atoms with Gasteiger partial charge in [0.1, 0.15) is 0 Å². The van der Waals surface area contributed by atoms with Crippen LogP contribution in [0.1, 0.15) is 33.2 Å². The molecule has 3 nitrogen and oxygen atoms in total. The number of imide groups is 1. The molecule has 2 aromatic rings. The molecular formula is C18H15NO2. The first kappa shape index (κ1) is 13.3. The molecule has 104 valence electrons. The first-order valence-electron chi connectivity index (χ1n) is 6.88. The topological polar surface area (TPSA) is 37.4 Å². The third kappa shape index (κ3) is 2.38. The van der Waals surface area contributed by atoms with Gasteiger partial charge in [0, 0.05) is 0 Å². The van der Waals surface area contributed by atoms with E-state index in [1.54, 1.807) is 24.3 Å². The van der Waals surface area contributed by atoms with Gasteiger partial charge in [-0.1, -0.05) is 54.6 Å². The first-order chi connectivity index (χ1) is 10.2. The van der Waals surface area contributed by atoms with Crippen LogP contribution in [0.5, 0.6) is 0 Å². The minimum atomic E-state index is -0.280. The summed E-state index contributed by atoms with van der Waals surface area (Å²) in [6, 6.07) is 16.5. The molecule has 0 saturated carbocycles. The standard InChI is InChI=1S/C18H15NO2/c1-13(11-12-14-7-3-2-4-8-14)19-17(20)15-9-5-6-10-16(15)18(19)21/h2-13H,1H3/b12-11+. The van der Waals surface area contributed by atoms with Crippen molar-refractivity contribution in [3.05, 3.63) is 77.4 Å². The summed E-state index contributed by atoms with van der Waals surface area (Å²) >= 11 is 0. The quantitative estimate of drug-likeness (QED) is 0.806. The summed E-state index contributed by atoms with van der Waals surface area (Å²) in [7, 11) is 0. The number of carbonyl (C=O) groups is 2. The number of hydrogen-bond acceptors (Lipinski definition) is 2. The number of fused-ring (bicyclic) bond motifs is 1. The third-order valence-corrected chi connectivity index (χ3v) is 3.60. The number of amides is 2. The van der Waals surface area contributed by atoms with E-state index in [9.17, 15) is 9.59 Å². The van der Waals surface area contributed by atoms with Gasteiger partial charge in [0.2, 0.25) is 0 Å². The van der Waals surface area contributed by atoms with Gasteiger partial charge in [0.15, 0.2) is 0 Å². The average molecular weight is 277 g/mol. The van der Waals surface area contributed by atoms with Crippen molar-refractivity contribution >= 4 is 17.9 Å². The van der Waals surface area contributed by atoms with Crippen molar-refractivity contribution in [3.63, 3.8) is 0 Å². The molecule has 3 rings (SSSR count). The van der Waals surface area contributed by atoms with Crippen LogP contribution in [0.4, 0.5) is 0 Å². The fourth-order valence-electron chi connectivity index (χ4n) is 2.48. The van der Waals surface area contributed by atoms with Crippen molar-refractivity contribution < 1.29 is 9.59 Å². The largest absolute Gasteiger partial charge is 0.269 e. The van der Waals surface area contributed by atoms with Crippen LogP contribution in [-0.2, 0) is 0 Å². The minimum absolute atomic E-state index is 0.221. The van der Waals surface area contributed by atoms with Crippen molar-refractivity contribution in [3.8, 4) is 0 Å². The fourth-order valence-corrected chi connectivity index (χ4v) is 2.48. The van der Waals surface area contributed by atoms with Crippen LogP contribution in [0.25, 0.3) is 6.08 Å². The maximum absolute atomic E-state index is 12.3. The summed E-state index contributed by atoms with van der Waals surface area (Å²) in [6.07, 6.45) is 3.80. The Hall–Kier alpha value is -2.68. The number of rotatable bonds is 3. The number of nitrogens with zero attached hydrogens (tertiary/aromatic N) is 1. The summed E-state index contributed by atoms with van der Waals surface area (Å²) in [6.45, 7) is 1.85. The van der Waals surface area contributed by atoms with Gasteiger partial charge in [-0.3, -0.25) is 14.5 Å². The molecule has 1 heterocycles. The molecule has 0 aliphatic carbocycles. The Morgan fingerprint density at radius 1 is 0.857 bits per heavy atom. The Morgan fingerprint density at radius 3 is 1.95 bits per heavy atom. The lowest BCUT2D eigenvalue weighted by Gasteiger charge is -2.19. The van der Waals surface area contributed by atoms with E-state index >= 15 is 0 Å². The molecule has 0 radical (unpaired) electrons. The molecule has 0 saturated heterocycles. The molecule has 0 bridgehead atoms. The van der Waals surface area contributed by atoms with Crippen molar-refractivity contribution in [1.29, 1.82) is 0 Å². The van der Waals surface area contributed by atoms with Gasteiger partial charge in [-0.25, -0.2) is 0 Å². The van der Waals surface area contributed by atoms with E-state index in [2.05, 4.69) is 0 Å². The summed E-state index contributed by atoms with van der Waals surface area (Å²) in [5.74, 6) is -0.443. The second kappa shape index (κ2) is 5.37. The van der Waals surface area contributed by atoms with Gasteiger partial charge < -0.3 is 0 Å². The summed E-state index contributed by atoms with van der Waals surface area (Å²) in [5.41, 5.74) is 2.02. The third-order valence-electron chi connectivity index (χ3n) is 3.60. The van der Waals surface area contributed by atoms with Crippen LogP contribution in [0.2, 0.25) is 0 Å².